The predicted molar refractivity (Wildman–Crippen MR) is 77.4 cm³/mol. The lowest BCUT2D eigenvalue weighted by Gasteiger charge is -2.06. The molecule has 0 N–H and O–H groups in total. The van der Waals surface area contributed by atoms with E-state index in [0.29, 0.717) is 18.5 Å². The van der Waals surface area contributed by atoms with Gasteiger partial charge in [-0.2, -0.15) is 0 Å². The average molecular weight is 285 g/mol. The van der Waals surface area contributed by atoms with Crippen LogP contribution in [0.5, 0.6) is 0 Å². The topological polar surface area (TPSA) is 22.0 Å². The third-order valence-electron chi connectivity index (χ3n) is 3.56. The first-order valence-corrected chi connectivity index (χ1v) is 6.65. The van der Waals surface area contributed by atoms with Gasteiger partial charge in [0.15, 0.2) is 11.6 Å². The van der Waals surface area contributed by atoms with E-state index < -0.39 is 11.6 Å². The Morgan fingerprint density at radius 1 is 1.00 bits per heavy atom. The van der Waals surface area contributed by atoms with Crippen LogP contribution in [0.3, 0.4) is 0 Å². The lowest BCUT2D eigenvalue weighted by molar-refractivity contribution is 0.112. The van der Waals surface area contributed by atoms with E-state index in [1.165, 1.54) is 6.07 Å². The standard InChI is InChI=1S/C17H13F2NO/c18-15-3-1-12(10-16(15)19)5-7-20-8-6-14-9-13(11-21)2-4-17(14)20/h1-4,6,8-11H,5,7H2. The summed E-state index contributed by atoms with van der Waals surface area (Å²) in [5.41, 5.74) is 2.41. The smallest absolute Gasteiger partial charge is 0.159 e. The van der Waals surface area contributed by atoms with Crippen molar-refractivity contribution in [2.24, 2.45) is 0 Å². The van der Waals surface area contributed by atoms with Gasteiger partial charge in [-0.1, -0.05) is 6.07 Å². The van der Waals surface area contributed by atoms with Gasteiger partial charge < -0.3 is 4.57 Å². The number of aldehydes is 1. The molecule has 0 saturated heterocycles. The molecule has 0 fully saturated rings. The van der Waals surface area contributed by atoms with E-state index in [0.717, 1.165) is 28.8 Å². The van der Waals surface area contributed by atoms with Crippen LogP contribution in [0, 0.1) is 11.6 Å². The maximum atomic E-state index is 13.2. The Morgan fingerprint density at radius 3 is 2.62 bits per heavy atom. The lowest BCUT2D eigenvalue weighted by Crippen LogP contribution is -2.00. The Hall–Kier alpha value is -2.49. The molecule has 0 saturated carbocycles. The fraction of sp³-hybridized carbons (Fsp3) is 0.118. The molecule has 4 heteroatoms. The Bertz CT molecular complexity index is 808. The molecule has 0 aliphatic carbocycles. The molecule has 0 atom stereocenters. The van der Waals surface area contributed by atoms with Gasteiger partial charge in [-0.25, -0.2) is 8.78 Å². The second-order valence-corrected chi connectivity index (χ2v) is 4.94. The van der Waals surface area contributed by atoms with E-state index in [2.05, 4.69) is 0 Å². The van der Waals surface area contributed by atoms with E-state index >= 15 is 0 Å². The summed E-state index contributed by atoms with van der Waals surface area (Å²) in [6.45, 7) is 0.662. The first-order chi connectivity index (χ1) is 10.2. The van der Waals surface area contributed by atoms with Gasteiger partial charge in [-0.05, 0) is 48.4 Å². The number of carbonyl (C=O) groups is 1. The van der Waals surface area contributed by atoms with Crippen molar-refractivity contribution >= 4 is 17.2 Å². The van der Waals surface area contributed by atoms with Crippen molar-refractivity contribution in [1.82, 2.24) is 4.57 Å². The van der Waals surface area contributed by atoms with Crippen LogP contribution >= 0.6 is 0 Å². The minimum absolute atomic E-state index is 0.608. The fourth-order valence-electron chi connectivity index (χ4n) is 2.43. The summed E-state index contributed by atoms with van der Waals surface area (Å²) in [5.74, 6) is -1.65. The van der Waals surface area contributed by atoms with Crippen LogP contribution in [0.15, 0.2) is 48.7 Å². The summed E-state index contributed by atoms with van der Waals surface area (Å²) >= 11 is 0. The summed E-state index contributed by atoms with van der Waals surface area (Å²) in [7, 11) is 0. The third kappa shape index (κ3) is 2.70. The van der Waals surface area contributed by atoms with Crippen molar-refractivity contribution in [1.29, 1.82) is 0 Å². The molecule has 106 valence electrons. The highest BCUT2D eigenvalue weighted by molar-refractivity contribution is 5.87. The molecular formula is C17H13F2NO. The molecule has 0 spiro atoms. The number of aromatic nitrogens is 1. The van der Waals surface area contributed by atoms with Crippen molar-refractivity contribution in [3.05, 3.63) is 71.4 Å². The quantitative estimate of drug-likeness (QED) is 0.665. The minimum Gasteiger partial charge on any atom is -0.347 e. The highest BCUT2D eigenvalue weighted by atomic mass is 19.2. The predicted octanol–water partition coefficient (Wildman–Crippen LogP) is 3.97. The van der Waals surface area contributed by atoms with Gasteiger partial charge in [-0.3, -0.25) is 4.79 Å². The van der Waals surface area contributed by atoms with Crippen molar-refractivity contribution < 1.29 is 13.6 Å². The number of hydrogen-bond acceptors (Lipinski definition) is 1. The number of nitrogens with zero attached hydrogens (tertiary/aromatic N) is 1. The molecule has 0 bridgehead atoms. The zero-order chi connectivity index (χ0) is 14.8. The van der Waals surface area contributed by atoms with E-state index in [1.807, 2.05) is 29.0 Å². The van der Waals surface area contributed by atoms with E-state index in [9.17, 15) is 13.6 Å². The number of benzene rings is 2. The molecule has 0 unspecified atom stereocenters. The lowest BCUT2D eigenvalue weighted by atomic mass is 10.1. The van der Waals surface area contributed by atoms with Crippen LogP contribution in [-0.2, 0) is 13.0 Å². The summed E-state index contributed by atoms with van der Waals surface area (Å²) in [4.78, 5) is 10.8. The maximum absolute atomic E-state index is 13.2. The first kappa shape index (κ1) is 13.5. The number of aryl methyl sites for hydroxylation is 2. The Kier molecular flexibility index (Phi) is 3.52. The van der Waals surface area contributed by atoms with Crippen molar-refractivity contribution in [2.45, 2.75) is 13.0 Å². The number of rotatable bonds is 4. The number of fused-ring (bicyclic) bond motifs is 1. The van der Waals surface area contributed by atoms with Crippen molar-refractivity contribution in [3.63, 3.8) is 0 Å². The molecular weight excluding hydrogens is 272 g/mol. The summed E-state index contributed by atoms with van der Waals surface area (Å²) in [6, 6.07) is 11.4. The van der Waals surface area contributed by atoms with Gasteiger partial charge in [0.05, 0.1) is 0 Å². The Balaban J connectivity index is 1.81. The second-order valence-electron chi connectivity index (χ2n) is 4.94. The molecule has 1 heterocycles. The van der Waals surface area contributed by atoms with E-state index in [-0.39, 0.29) is 0 Å². The summed E-state index contributed by atoms with van der Waals surface area (Å²) < 4.78 is 28.1. The van der Waals surface area contributed by atoms with Gasteiger partial charge >= 0.3 is 0 Å². The first-order valence-electron chi connectivity index (χ1n) is 6.65. The highest BCUT2D eigenvalue weighted by Crippen LogP contribution is 2.18. The van der Waals surface area contributed by atoms with Crippen LogP contribution < -0.4 is 0 Å². The fourth-order valence-corrected chi connectivity index (χ4v) is 2.43. The molecule has 0 aliphatic rings. The normalized spacial score (nSPS) is 11.0. The molecule has 0 amide bonds. The van der Waals surface area contributed by atoms with Crippen LogP contribution in [0.4, 0.5) is 8.78 Å². The molecule has 2 aromatic carbocycles. The third-order valence-corrected chi connectivity index (χ3v) is 3.56. The highest BCUT2D eigenvalue weighted by Gasteiger charge is 2.05. The van der Waals surface area contributed by atoms with Crippen molar-refractivity contribution in [2.75, 3.05) is 0 Å². The zero-order valence-electron chi connectivity index (χ0n) is 11.2. The summed E-state index contributed by atoms with van der Waals surface area (Å²) in [5, 5.41) is 0.991. The van der Waals surface area contributed by atoms with Crippen LogP contribution in [0.25, 0.3) is 10.9 Å². The van der Waals surface area contributed by atoms with E-state index in [1.54, 1.807) is 12.1 Å². The molecule has 2 nitrogen and oxygen atoms in total. The van der Waals surface area contributed by atoms with Gasteiger partial charge in [0.2, 0.25) is 0 Å². The SMILES string of the molecule is O=Cc1ccc2c(ccn2CCc2ccc(F)c(F)c2)c1. The van der Waals surface area contributed by atoms with Gasteiger partial charge in [0.25, 0.3) is 0 Å². The Morgan fingerprint density at radius 2 is 1.86 bits per heavy atom. The minimum atomic E-state index is -0.827. The number of halogens is 2. The molecule has 0 radical (unpaired) electrons. The van der Waals surface area contributed by atoms with Gasteiger partial charge in [-0.15, -0.1) is 0 Å². The van der Waals surface area contributed by atoms with Crippen molar-refractivity contribution in [3.8, 4) is 0 Å². The van der Waals surface area contributed by atoms with Crippen LogP contribution in [-0.4, -0.2) is 10.9 Å². The maximum Gasteiger partial charge on any atom is 0.159 e. The van der Waals surface area contributed by atoms with Crippen LogP contribution in [0.2, 0.25) is 0 Å². The Labute approximate surface area is 120 Å². The largest absolute Gasteiger partial charge is 0.347 e. The molecule has 21 heavy (non-hydrogen) atoms. The van der Waals surface area contributed by atoms with Gasteiger partial charge in [0.1, 0.15) is 6.29 Å². The average Bonchev–Trinajstić information content (AvgIpc) is 2.90. The number of carbonyl (C=O) groups excluding carboxylic acids is 1. The van der Waals surface area contributed by atoms with Gasteiger partial charge in [0, 0.05) is 29.2 Å². The second kappa shape index (κ2) is 5.48. The molecule has 3 aromatic rings. The molecule has 1 aromatic heterocycles. The molecule has 3 rings (SSSR count). The number of hydrogen-bond donors (Lipinski definition) is 0. The van der Waals surface area contributed by atoms with Crippen LogP contribution in [0.1, 0.15) is 15.9 Å². The monoisotopic (exact) mass is 285 g/mol. The van der Waals surface area contributed by atoms with E-state index in [4.69, 9.17) is 0 Å². The molecule has 0 aliphatic heterocycles. The zero-order valence-corrected chi connectivity index (χ0v) is 11.2. The summed E-state index contributed by atoms with van der Waals surface area (Å²) in [6.07, 6.45) is 3.35.